The second kappa shape index (κ2) is 11.5. The van der Waals surface area contributed by atoms with Gasteiger partial charge in [-0.3, -0.25) is 9.59 Å². The minimum absolute atomic E-state index is 0.145. The van der Waals surface area contributed by atoms with E-state index >= 15 is 0 Å². The van der Waals surface area contributed by atoms with Gasteiger partial charge < -0.3 is 20.1 Å². The van der Waals surface area contributed by atoms with E-state index in [1.54, 1.807) is 21.1 Å². The van der Waals surface area contributed by atoms with Crippen molar-refractivity contribution >= 4 is 11.8 Å². The van der Waals surface area contributed by atoms with Crippen LogP contribution in [0.15, 0.2) is 42.5 Å². The molecule has 0 aliphatic carbocycles. The smallest absolute Gasteiger partial charge is 0.295 e. The fourth-order valence-electron chi connectivity index (χ4n) is 3.08. The molecule has 0 aliphatic heterocycles. The summed E-state index contributed by atoms with van der Waals surface area (Å²) in [6, 6.07) is 12.9. The summed E-state index contributed by atoms with van der Waals surface area (Å²) in [6.45, 7) is 4.05. The van der Waals surface area contributed by atoms with Crippen molar-refractivity contribution in [3.63, 3.8) is 0 Å². The van der Waals surface area contributed by atoms with Gasteiger partial charge in [0.05, 0.1) is 20.3 Å². The van der Waals surface area contributed by atoms with E-state index in [2.05, 4.69) is 22.5 Å². The predicted molar refractivity (Wildman–Crippen MR) is 117 cm³/mol. The first-order chi connectivity index (χ1) is 14.5. The number of carbonyl (C=O) groups excluding carboxylic acids is 2. The second-order valence-corrected chi connectivity index (χ2v) is 6.70. The molecule has 0 heterocycles. The summed E-state index contributed by atoms with van der Waals surface area (Å²) in [7, 11) is 3.17. The van der Waals surface area contributed by atoms with Crippen molar-refractivity contribution < 1.29 is 19.1 Å². The molecular weight excluding hydrogens is 380 g/mol. The summed E-state index contributed by atoms with van der Waals surface area (Å²) in [5.41, 5.74) is 2.48. The molecule has 0 radical (unpaired) electrons. The van der Waals surface area contributed by atoms with Gasteiger partial charge in [-0.05, 0) is 61.9 Å². The Hall–Kier alpha value is -3.46. The number of nitrogens with one attached hydrogen (secondary N) is 2. The first kappa shape index (κ1) is 22.8. The third-order valence-electron chi connectivity index (χ3n) is 4.66. The van der Waals surface area contributed by atoms with Crippen molar-refractivity contribution in [2.24, 2.45) is 0 Å². The molecule has 2 aromatic rings. The maximum atomic E-state index is 12.9. The van der Waals surface area contributed by atoms with Crippen molar-refractivity contribution in [3.05, 3.63) is 59.2 Å². The lowest BCUT2D eigenvalue weighted by Gasteiger charge is -2.18. The van der Waals surface area contributed by atoms with Crippen molar-refractivity contribution in [3.8, 4) is 23.3 Å². The molecule has 0 spiro atoms. The number of benzene rings is 2. The number of hydrogen-bond donors (Lipinski definition) is 2. The third-order valence-corrected chi connectivity index (χ3v) is 4.66. The molecule has 2 rings (SSSR count). The Balaban J connectivity index is 2.03. The lowest BCUT2D eigenvalue weighted by molar-refractivity contribution is -0.115. The summed E-state index contributed by atoms with van der Waals surface area (Å²) in [6.07, 6.45) is 1.39. The van der Waals surface area contributed by atoms with Crippen LogP contribution in [0, 0.1) is 11.8 Å². The van der Waals surface area contributed by atoms with Crippen LogP contribution in [-0.4, -0.2) is 32.6 Å². The molecule has 0 bridgehead atoms. The van der Waals surface area contributed by atoms with E-state index in [0.29, 0.717) is 36.4 Å². The molecule has 2 N–H and O–H groups in total. The Labute approximate surface area is 178 Å². The molecule has 2 aromatic carbocycles. The molecule has 0 fully saturated rings. The molecule has 6 nitrogen and oxygen atoms in total. The van der Waals surface area contributed by atoms with Gasteiger partial charge in [0.25, 0.3) is 11.8 Å². The van der Waals surface area contributed by atoms with Crippen LogP contribution in [0.4, 0.5) is 0 Å². The maximum absolute atomic E-state index is 12.9. The van der Waals surface area contributed by atoms with E-state index in [1.165, 1.54) is 0 Å². The molecule has 30 heavy (non-hydrogen) atoms. The molecule has 1 atom stereocenters. The highest BCUT2D eigenvalue weighted by atomic mass is 16.5. The SMILES string of the molecule is CC#CC(=O)NCCCc1ccccc1C(=O)NC(C)c1ccc(OC)c(OC)c1. The van der Waals surface area contributed by atoms with Crippen molar-refractivity contribution in [1.82, 2.24) is 10.6 Å². The highest BCUT2D eigenvalue weighted by molar-refractivity contribution is 5.96. The average molecular weight is 408 g/mol. The number of ether oxygens (including phenoxy) is 2. The third kappa shape index (κ3) is 6.28. The lowest BCUT2D eigenvalue weighted by atomic mass is 10.0. The fourth-order valence-corrected chi connectivity index (χ4v) is 3.08. The number of hydrogen-bond acceptors (Lipinski definition) is 4. The number of rotatable bonds is 9. The Morgan fingerprint density at radius 3 is 2.50 bits per heavy atom. The summed E-state index contributed by atoms with van der Waals surface area (Å²) in [5.74, 6) is 5.84. The minimum atomic E-state index is -0.285. The molecule has 1 unspecified atom stereocenters. The first-order valence-electron chi connectivity index (χ1n) is 9.81. The molecule has 0 saturated heterocycles. The number of amides is 2. The zero-order valence-corrected chi connectivity index (χ0v) is 17.9. The van der Waals surface area contributed by atoms with Gasteiger partial charge in [-0.15, -0.1) is 0 Å². The number of aryl methyl sites for hydroxylation is 1. The van der Waals surface area contributed by atoms with Crippen LogP contribution in [0.25, 0.3) is 0 Å². The molecule has 158 valence electrons. The highest BCUT2D eigenvalue weighted by Gasteiger charge is 2.16. The second-order valence-electron chi connectivity index (χ2n) is 6.70. The van der Waals surface area contributed by atoms with E-state index in [0.717, 1.165) is 11.1 Å². The van der Waals surface area contributed by atoms with E-state index in [4.69, 9.17) is 9.47 Å². The molecule has 0 aliphatic rings. The lowest BCUT2D eigenvalue weighted by Crippen LogP contribution is -2.28. The quantitative estimate of drug-likeness (QED) is 0.493. The molecule has 2 amide bonds. The van der Waals surface area contributed by atoms with E-state index < -0.39 is 0 Å². The van der Waals surface area contributed by atoms with Crippen LogP contribution in [0.1, 0.15) is 47.8 Å². The highest BCUT2D eigenvalue weighted by Crippen LogP contribution is 2.30. The monoisotopic (exact) mass is 408 g/mol. The zero-order valence-electron chi connectivity index (χ0n) is 17.9. The number of methoxy groups -OCH3 is 2. The zero-order chi connectivity index (χ0) is 21.9. The standard InChI is InChI=1S/C24H28N2O4/c1-5-9-23(27)25-15-8-11-18-10-6-7-12-20(18)24(28)26-17(2)19-13-14-21(29-3)22(16-19)30-4/h6-7,10,12-14,16-17H,8,11,15H2,1-4H3,(H,25,27)(H,26,28). The van der Waals surface area contributed by atoms with Gasteiger partial charge >= 0.3 is 0 Å². The van der Waals surface area contributed by atoms with Crippen LogP contribution in [0.2, 0.25) is 0 Å². The fraction of sp³-hybridized carbons (Fsp3) is 0.333. The normalized spacial score (nSPS) is 10.9. The minimum Gasteiger partial charge on any atom is -0.493 e. The van der Waals surface area contributed by atoms with Crippen LogP contribution in [0.3, 0.4) is 0 Å². The van der Waals surface area contributed by atoms with Crippen LogP contribution in [0.5, 0.6) is 11.5 Å². The predicted octanol–water partition coefficient (Wildman–Crippen LogP) is 3.27. The van der Waals surface area contributed by atoms with E-state index in [1.807, 2.05) is 49.4 Å². The average Bonchev–Trinajstić information content (AvgIpc) is 2.76. The largest absolute Gasteiger partial charge is 0.493 e. The van der Waals surface area contributed by atoms with E-state index in [9.17, 15) is 9.59 Å². The maximum Gasteiger partial charge on any atom is 0.295 e. The number of carbonyl (C=O) groups is 2. The molecule has 6 heteroatoms. The molecule has 0 saturated carbocycles. The Kier molecular flexibility index (Phi) is 8.76. The first-order valence-corrected chi connectivity index (χ1v) is 9.81. The van der Waals surface area contributed by atoms with Gasteiger partial charge in [-0.1, -0.05) is 30.2 Å². The Morgan fingerprint density at radius 1 is 1.07 bits per heavy atom. The summed E-state index contributed by atoms with van der Waals surface area (Å²) in [4.78, 5) is 24.3. The molecular formula is C24H28N2O4. The Morgan fingerprint density at radius 2 is 1.80 bits per heavy atom. The molecule has 0 aromatic heterocycles. The van der Waals surface area contributed by atoms with Crippen molar-refractivity contribution in [2.75, 3.05) is 20.8 Å². The summed E-state index contributed by atoms with van der Waals surface area (Å²) in [5, 5.41) is 5.78. The van der Waals surface area contributed by atoms with Gasteiger partial charge in [0.1, 0.15) is 0 Å². The van der Waals surface area contributed by atoms with E-state index in [-0.39, 0.29) is 17.9 Å². The van der Waals surface area contributed by atoms with Crippen molar-refractivity contribution in [1.29, 1.82) is 0 Å². The summed E-state index contributed by atoms with van der Waals surface area (Å²) < 4.78 is 10.6. The van der Waals surface area contributed by atoms with Gasteiger partial charge in [0.15, 0.2) is 11.5 Å². The van der Waals surface area contributed by atoms with Crippen LogP contribution >= 0.6 is 0 Å². The van der Waals surface area contributed by atoms with Crippen molar-refractivity contribution in [2.45, 2.75) is 32.7 Å². The van der Waals surface area contributed by atoms with Gasteiger partial charge in [-0.25, -0.2) is 0 Å². The van der Waals surface area contributed by atoms with Gasteiger partial charge in [0, 0.05) is 12.1 Å². The van der Waals surface area contributed by atoms with Gasteiger partial charge in [0.2, 0.25) is 0 Å². The van der Waals surface area contributed by atoms with Crippen LogP contribution in [-0.2, 0) is 11.2 Å². The topological polar surface area (TPSA) is 76.7 Å². The Bertz CT molecular complexity index is 944. The van der Waals surface area contributed by atoms with Crippen LogP contribution < -0.4 is 20.1 Å². The van der Waals surface area contributed by atoms with Gasteiger partial charge in [-0.2, -0.15) is 0 Å². The summed E-state index contributed by atoms with van der Waals surface area (Å²) >= 11 is 0.